The standard InChI is InChI=1S/C32H38O6S/c1-3-19-39-32-31(37-24(2)33)30(36-22-27-17-11-6-12-18-27)29(35-21-26-15-9-5-10-16-26)28(38-32)23-34-20-25-13-7-4-8-14-25/h4-18,28-32H,3,19-23H2,1-2H3/t28-,29+,30+,31-,32+/m1/s1. The predicted molar refractivity (Wildman–Crippen MR) is 153 cm³/mol. The first kappa shape index (κ1) is 29.3. The molecular weight excluding hydrogens is 512 g/mol. The van der Waals surface area contributed by atoms with Gasteiger partial charge in [-0.05, 0) is 28.9 Å². The molecule has 1 saturated heterocycles. The molecule has 0 unspecified atom stereocenters. The fraction of sp³-hybridized carbons (Fsp3) is 0.406. The van der Waals surface area contributed by atoms with E-state index in [4.69, 9.17) is 23.7 Å². The van der Waals surface area contributed by atoms with Gasteiger partial charge in [-0.3, -0.25) is 4.79 Å². The molecule has 5 atom stereocenters. The first-order valence-electron chi connectivity index (χ1n) is 13.5. The summed E-state index contributed by atoms with van der Waals surface area (Å²) in [5.74, 6) is 0.487. The van der Waals surface area contributed by atoms with Crippen LogP contribution in [0.5, 0.6) is 0 Å². The number of carbonyl (C=O) groups is 1. The molecule has 1 aliphatic rings. The van der Waals surface area contributed by atoms with Crippen molar-refractivity contribution < 1.29 is 28.5 Å². The zero-order valence-electron chi connectivity index (χ0n) is 22.6. The molecule has 3 aromatic carbocycles. The fourth-order valence-corrected chi connectivity index (χ4v) is 5.58. The van der Waals surface area contributed by atoms with Crippen molar-refractivity contribution in [2.24, 2.45) is 0 Å². The summed E-state index contributed by atoms with van der Waals surface area (Å²) < 4.78 is 31.7. The summed E-state index contributed by atoms with van der Waals surface area (Å²) in [6.07, 6.45) is -1.15. The van der Waals surface area contributed by atoms with Crippen LogP contribution in [0.4, 0.5) is 0 Å². The van der Waals surface area contributed by atoms with Crippen LogP contribution in [0.1, 0.15) is 37.0 Å². The molecule has 6 nitrogen and oxygen atoms in total. The molecule has 208 valence electrons. The van der Waals surface area contributed by atoms with Gasteiger partial charge in [-0.15, -0.1) is 11.8 Å². The van der Waals surface area contributed by atoms with E-state index in [9.17, 15) is 4.79 Å². The summed E-state index contributed by atoms with van der Waals surface area (Å²) in [4.78, 5) is 12.2. The molecule has 0 bridgehead atoms. The van der Waals surface area contributed by atoms with E-state index >= 15 is 0 Å². The van der Waals surface area contributed by atoms with Gasteiger partial charge in [0.05, 0.1) is 26.4 Å². The highest BCUT2D eigenvalue weighted by Gasteiger charge is 2.49. The number of rotatable bonds is 14. The molecule has 0 aliphatic carbocycles. The minimum atomic E-state index is -0.631. The largest absolute Gasteiger partial charge is 0.456 e. The second kappa shape index (κ2) is 15.8. The van der Waals surface area contributed by atoms with Gasteiger partial charge in [-0.25, -0.2) is 0 Å². The van der Waals surface area contributed by atoms with Crippen LogP contribution in [-0.4, -0.2) is 48.2 Å². The predicted octanol–water partition coefficient (Wildman–Crippen LogP) is 6.17. The molecule has 39 heavy (non-hydrogen) atoms. The van der Waals surface area contributed by atoms with E-state index in [1.165, 1.54) is 6.92 Å². The Morgan fingerprint density at radius 2 is 1.26 bits per heavy atom. The van der Waals surface area contributed by atoms with Crippen molar-refractivity contribution >= 4 is 17.7 Å². The minimum Gasteiger partial charge on any atom is -0.456 e. The Kier molecular flexibility index (Phi) is 11.9. The van der Waals surface area contributed by atoms with E-state index in [1.54, 1.807) is 11.8 Å². The van der Waals surface area contributed by atoms with Crippen molar-refractivity contribution in [1.29, 1.82) is 0 Å². The normalized spacial score (nSPS) is 22.9. The molecule has 1 fully saturated rings. The van der Waals surface area contributed by atoms with Crippen molar-refractivity contribution in [2.75, 3.05) is 12.4 Å². The summed E-state index contributed by atoms with van der Waals surface area (Å²) in [7, 11) is 0. The third kappa shape index (κ3) is 9.19. The van der Waals surface area contributed by atoms with E-state index in [0.717, 1.165) is 28.9 Å². The van der Waals surface area contributed by atoms with Crippen molar-refractivity contribution in [3.05, 3.63) is 108 Å². The van der Waals surface area contributed by atoms with Crippen LogP contribution in [0, 0.1) is 0 Å². The van der Waals surface area contributed by atoms with Crippen molar-refractivity contribution in [2.45, 2.75) is 69.9 Å². The van der Waals surface area contributed by atoms with Gasteiger partial charge < -0.3 is 23.7 Å². The van der Waals surface area contributed by atoms with Crippen LogP contribution in [-0.2, 0) is 48.3 Å². The van der Waals surface area contributed by atoms with Gasteiger partial charge in [0.15, 0.2) is 6.10 Å². The van der Waals surface area contributed by atoms with Gasteiger partial charge in [0, 0.05) is 6.92 Å². The number of benzene rings is 3. The highest BCUT2D eigenvalue weighted by Crippen LogP contribution is 2.35. The molecule has 0 amide bonds. The minimum absolute atomic E-state index is 0.315. The molecule has 1 aliphatic heterocycles. The molecule has 4 rings (SSSR count). The zero-order valence-corrected chi connectivity index (χ0v) is 23.5. The lowest BCUT2D eigenvalue weighted by molar-refractivity contribution is -0.249. The van der Waals surface area contributed by atoms with Crippen LogP contribution in [0.15, 0.2) is 91.0 Å². The maximum Gasteiger partial charge on any atom is 0.303 e. The first-order valence-corrected chi connectivity index (χ1v) is 14.6. The lowest BCUT2D eigenvalue weighted by Crippen LogP contribution is -2.60. The van der Waals surface area contributed by atoms with Gasteiger partial charge >= 0.3 is 5.97 Å². The molecule has 7 heteroatoms. The fourth-order valence-electron chi connectivity index (χ4n) is 4.49. The van der Waals surface area contributed by atoms with Crippen LogP contribution in [0.3, 0.4) is 0 Å². The Morgan fingerprint density at radius 1 is 0.744 bits per heavy atom. The van der Waals surface area contributed by atoms with Crippen molar-refractivity contribution in [1.82, 2.24) is 0 Å². The second-order valence-electron chi connectivity index (χ2n) is 9.51. The Morgan fingerprint density at radius 3 is 1.77 bits per heavy atom. The number of carbonyl (C=O) groups excluding carboxylic acids is 1. The van der Waals surface area contributed by atoms with Gasteiger partial charge in [-0.1, -0.05) is 97.9 Å². The maximum absolute atomic E-state index is 12.2. The van der Waals surface area contributed by atoms with E-state index < -0.39 is 29.9 Å². The number of hydrogen-bond donors (Lipinski definition) is 0. The van der Waals surface area contributed by atoms with Gasteiger partial charge in [0.25, 0.3) is 0 Å². The van der Waals surface area contributed by atoms with E-state index in [0.29, 0.717) is 26.4 Å². The number of hydrogen-bond acceptors (Lipinski definition) is 7. The topological polar surface area (TPSA) is 63.2 Å². The molecule has 0 spiro atoms. The molecule has 0 radical (unpaired) electrons. The second-order valence-corrected chi connectivity index (χ2v) is 10.7. The molecule has 0 aromatic heterocycles. The summed E-state index contributed by atoms with van der Waals surface area (Å²) in [5.41, 5.74) is 2.75. The monoisotopic (exact) mass is 550 g/mol. The average Bonchev–Trinajstić information content (AvgIpc) is 2.96. The summed E-state index contributed by atoms with van der Waals surface area (Å²) in [5, 5.41) is 0. The van der Waals surface area contributed by atoms with E-state index in [1.807, 2.05) is 91.0 Å². The number of ether oxygens (including phenoxy) is 5. The lowest BCUT2D eigenvalue weighted by Gasteiger charge is -2.45. The Hall–Kier alpha value is -2.68. The molecule has 3 aromatic rings. The van der Waals surface area contributed by atoms with Crippen LogP contribution >= 0.6 is 11.8 Å². The quantitative estimate of drug-likeness (QED) is 0.222. The van der Waals surface area contributed by atoms with Gasteiger partial charge in [0.1, 0.15) is 23.7 Å². The Bertz CT molecular complexity index is 1100. The smallest absolute Gasteiger partial charge is 0.303 e. The summed E-state index contributed by atoms with van der Waals surface area (Å²) >= 11 is 1.63. The van der Waals surface area contributed by atoms with Crippen molar-refractivity contribution in [3.8, 4) is 0 Å². The lowest BCUT2D eigenvalue weighted by atomic mass is 9.99. The van der Waals surface area contributed by atoms with E-state index in [2.05, 4.69) is 6.92 Å². The first-order chi connectivity index (χ1) is 19.1. The summed E-state index contributed by atoms with van der Waals surface area (Å²) in [6.45, 7) is 5.04. The van der Waals surface area contributed by atoms with Gasteiger partial charge in [-0.2, -0.15) is 0 Å². The third-order valence-electron chi connectivity index (χ3n) is 6.34. The van der Waals surface area contributed by atoms with Crippen LogP contribution in [0.2, 0.25) is 0 Å². The third-order valence-corrected chi connectivity index (χ3v) is 7.70. The Balaban J connectivity index is 1.59. The average molecular weight is 551 g/mol. The van der Waals surface area contributed by atoms with Crippen LogP contribution in [0.25, 0.3) is 0 Å². The molecule has 0 saturated carbocycles. The molecule has 0 N–H and O–H groups in total. The molecular formula is C32H38O6S. The summed E-state index contributed by atoms with van der Waals surface area (Å²) in [6, 6.07) is 30.0. The van der Waals surface area contributed by atoms with Crippen molar-refractivity contribution in [3.63, 3.8) is 0 Å². The highest BCUT2D eigenvalue weighted by atomic mass is 32.2. The number of thioether (sulfide) groups is 1. The van der Waals surface area contributed by atoms with E-state index in [-0.39, 0.29) is 5.97 Å². The Labute approximate surface area is 236 Å². The van der Waals surface area contributed by atoms with Crippen LogP contribution < -0.4 is 0 Å². The maximum atomic E-state index is 12.2. The van der Waals surface area contributed by atoms with Gasteiger partial charge in [0.2, 0.25) is 0 Å². The SMILES string of the molecule is CCCS[C@@H]1O[C@H](COCc2ccccc2)[C@H](OCc2ccccc2)[C@H](OCc2ccccc2)[C@H]1OC(C)=O. The zero-order chi connectivity index (χ0) is 27.3. The molecule has 1 heterocycles. The number of esters is 1. The highest BCUT2D eigenvalue weighted by molar-refractivity contribution is 7.99.